The van der Waals surface area contributed by atoms with E-state index in [0.717, 1.165) is 12.1 Å². The van der Waals surface area contributed by atoms with Gasteiger partial charge in [-0.05, 0) is 29.8 Å². The predicted octanol–water partition coefficient (Wildman–Crippen LogP) is 6.23. The Kier molecular flexibility index (Phi) is 4.63. The van der Waals surface area contributed by atoms with E-state index in [4.69, 9.17) is 17.0 Å². The lowest BCUT2D eigenvalue weighted by atomic mass is 10.0. The van der Waals surface area contributed by atoms with E-state index in [1.165, 1.54) is 6.07 Å². The molecule has 0 radical (unpaired) electrons. The van der Waals surface area contributed by atoms with E-state index < -0.39 is 11.7 Å². The lowest BCUT2D eigenvalue weighted by Crippen LogP contribution is -2.04. The number of halogens is 3. The fourth-order valence-corrected chi connectivity index (χ4v) is 2.70. The van der Waals surface area contributed by atoms with Gasteiger partial charge in [0.2, 0.25) is 0 Å². The summed E-state index contributed by atoms with van der Waals surface area (Å²) in [6, 6.07) is 14.2. The second-order valence-electron chi connectivity index (χ2n) is 5.52. The predicted molar refractivity (Wildman–Crippen MR) is 93.2 cm³/mol. The van der Waals surface area contributed by atoms with Crippen molar-refractivity contribution in [2.24, 2.45) is 7.05 Å². The molecular weight excluding hydrogens is 347 g/mol. The molecule has 1 heterocycles. The summed E-state index contributed by atoms with van der Waals surface area (Å²) in [5.41, 5.74) is 0.197. The van der Waals surface area contributed by atoms with Crippen molar-refractivity contribution in [1.29, 1.82) is 0 Å². The Morgan fingerprint density at radius 1 is 0.960 bits per heavy atom. The van der Waals surface area contributed by atoms with Crippen LogP contribution in [0.25, 0.3) is 11.1 Å². The van der Waals surface area contributed by atoms with Crippen molar-refractivity contribution in [2.45, 2.75) is 6.18 Å². The number of pyridine rings is 1. The molecule has 3 rings (SSSR count). The highest BCUT2D eigenvalue weighted by molar-refractivity contribution is 7.71. The van der Waals surface area contributed by atoms with Crippen molar-refractivity contribution in [3.8, 4) is 22.6 Å². The number of hydrogen-bond acceptors (Lipinski definition) is 2. The summed E-state index contributed by atoms with van der Waals surface area (Å²) in [5, 5.41) is 0. The molecule has 0 spiro atoms. The van der Waals surface area contributed by atoms with Gasteiger partial charge in [-0.2, -0.15) is 13.2 Å². The molecule has 0 aliphatic carbocycles. The minimum absolute atomic E-state index is 0.362. The van der Waals surface area contributed by atoms with Crippen LogP contribution in [0.3, 0.4) is 0 Å². The molecule has 2 aromatic carbocycles. The standard InChI is InChI=1S/C19H14F3NOS/c1-23-11-16(13-6-5-7-14(10-13)19(20,21)22)18(25)17(12-23)24-15-8-3-2-4-9-15/h2-12H,1H3. The van der Waals surface area contributed by atoms with Gasteiger partial charge < -0.3 is 9.30 Å². The summed E-state index contributed by atoms with van der Waals surface area (Å²) in [7, 11) is 1.77. The van der Waals surface area contributed by atoms with Crippen LogP contribution in [0.15, 0.2) is 67.0 Å². The minimum Gasteiger partial charge on any atom is -0.454 e. The third-order valence-corrected chi connectivity index (χ3v) is 4.02. The summed E-state index contributed by atoms with van der Waals surface area (Å²) < 4.78 is 46.8. The highest BCUT2D eigenvalue weighted by Gasteiger charge is 2.30. The van der Waals surface area contributed by atoms with E-state index >= 15 is 0 Å². The van der Waals surface area contributed by atoms with E-state index in [1.807, 2.05) is 18.2 Å². The zero-order valence-corrected chi connectivity index (χ0v) is 14.1. The Morgan fingerprint density at radius 3 is 2.36 bits per heavy atom. The quantitative estimate of drug-likeness (QED) is 0.513. The summed E-state index contributed by atoms with van der Waals surface area (Å²) in [6.45, 7) is 0. The maximum atomic E-state index is 13.0. The Balaban J connectivity index is 2.08. The van der Waals surface area contributed by atoms with Gasteiger partial charge in [-0.25, -0.2) is 0 Å². The molecule has 0 aliphatic heterocycles. The maximum absolute atomic E-state index is 13.0. The molecule has 0 fully saturated rings. The number of para-hydroxylation sites is 1. The van der Waals surface area contributed by atoms with Gasteiger partial charge in [0.1, 0.15) is 5.75 Å². The lowest BCUT2D eigenvalue weighted by Gasteiger charge is -2.13. The Morgan fingerprint density at radius 2 is 1.68 bits per heavy atom. The molecule has 0 saturated carbocycles. The maximum Gasteiger partial charge on any atom is 0.416 e. The first-order valence-corrected chi connectivity index (χ1v) is 7.86. The van der Waals surface area contributed by atoms with Crippen LogP contribution in [-0.2, 0) is 13.2 Å². The average molecular weight is 361 g/mol. The molecule has 2 nitrogen and oxygen atoms in total. The number of benzene rings is 2. The number of nitrogens with zero attached hydrogens (tertiary/aromatic N) is 1. The molecule has 0 unspecified atom stereocenters. The Bertz CT molecular complexity index is 949. The first kappa shape index (κ1) is 17.2. The molecule has 1 aromatic heterocycles. The third kappa shape index (κ3) is 3.91. The minimum atomic E-state index is -4.40. The summed E-state index contributed by atoms with van der Waals surface area (Å²) in [5.74, 6) is 1.02. The fraction of sp³-hybridized carbons (Fsp3) is 0.105. The second kappa shape index (κ2) is 6.72. The van der Waals surface area contributed by atoms with Gasteiger partial charge in [-0.3, -0.25) is 0 Å². The van der Waals surface area contributed by atoms with Crippen molar-refractivity contribution in [2.75, 3.05) is 0 Å². The van der Waals surface area contributed by atoms with Gasteiger partial charge in [0.05, 0.1) is 10.1 Å². The normalized spacial score (nSPS) is 11.4. The smallest absolute Gasteiger partial charge is 0.416 e. The van der Waals surface area contributed by atoms with Crippen molar-refractivity contribution in [3.05, 3.63) is 77.1 Å². The first-order chi connectivity index (χ1) is 11.8. The highest BCUT2D eigenvalue weighted by atomic mass is 32.1. The number of alkyl halides is 3. The Labute approximate surface area is 148 Å². The number of ether oxygens (including phenoxy) is 1. The zero-order valence-electron chi connectivity index (χ0n) is 13.2. The molecule has 0 N–H and O–H groups in total. The van der Waals surface area contributed by atoms with Crippen LogP contribution in [0, 0.1) is 4.51 Å². The number of aromatic nitrogens is 1. The Hall–Kier alpha value is -2.60. The molecule has 0 amide bonds. The van der Waals surface area contributed by atoms with Crippen molar-refractivity contribution in [3.63, 3.8) is 0 Å². The van der Waals surface area contributed by atoms with Crippen LogP contribution in [0.5, 0.6) is 11.5 Å². The zero-order chi connectivity index (χ0) is 18.0. The topological polar surface area (TPSA) is 14.2 Å². The van der Waals surface area contributed by atoms with Gasteiger partial charge in [-0.15, -0.1) is 0 Å². The highest BCUT2D eigenvalue weighted by Crippen LogP contribution is 2.34. The monoisotopic (exact) mass is 361 g/mol. The third-order valence-electron chi connectivity index (χ3n) is 3.59. The first-order valence-electron chi connectivity index (χ1n) is 7.45. The van der Waals surface area contributed by atoms with Crippen LogP contribution >= 0.6 is 12.2 Å². The van der Waals surface area contributed by atoms with E-state index in [0.29, 0.717) is 27.1 Å². The van der Waals surface area contributed by atoms with Gasteiger partial charge in [0.25, 0.3) is 0 Å². The van der Waals surface area contributed by atoms with Crippen molar-refractivity contribution in [1.82, 2.24) is 4.57 Å². The summed E-state index contributed by atoms with van der Waals surface area (Å²) >= 11 is 5.45. The average Bonchev–Trinajstić information content (AvgIpc) is 2.58. The summed E-state index contributed by atoms with van der Waals surface area (Å²) in [6.07, 6.45) is -1.01. The largest absolute Gasteiger partial charge is 0.454 e. The summed E-state index contributed by atoms with van der Waals surface area (Å²) in [4.78, 5) is 0. The van der Waals surface area contributed by atoms with E-state index in [2.05, 4.69) is 0 Å². The van der Waals surface area contributed by atoms with Gasteiger partial charge >= 0.3 is 6.18 Å². The lowest BCUT2D eigenvalue weighted by molar-refractivity contribution is -0.137. The fourth-order valence-electron chi connectivity index (χ4n) is 2.43. The molecule has 0 atom stereocenters. The SMILES string of the molecule is Cn1cc(Oc2ccccc2)c(=S)c(-c2cccc(C(F)(F)F)c2)c1. The number of hydrogen-bond donors (Lipinski definition) is 0. The van der Waals surface area contributed by atoms with E-state index in [9.17, 15) is 13.2 Å². The van der Waals surface area contributed by atoms with Crippen LogP contribution < -0.4 is 4.74 Å². The van der Waals surface area contributed by atoms with Crippen molar-refractivity contribution >= 4 is 12.2 Å². The van der Waals surface area contributed by atoms with Crippen LogP contribution in [0.4, 0.5) is 13.2 Å². The van der Waals surface area contributed by atoms with E-state index in [1.54, 1.807) is 42.2 Å². The molecule has 0 saturated heterocycles. The van der Waals surface area contributed by atoms with Crippen molar-refractivity contribution < 1.29 is 17.9 Å². The molecule has 0 aliphatic rings. The molecule has 0 bridgehead atoms. The number of aryl methyl sites for hydroxylation is 1. The second-order valence-corrected chi connectivity index (χ2v) is 5.93. The molecule has 3 aromatic rings. The van der Waals surface area contributed by atoms with Crippen LogP contribution in [0.1, 0.15) is 5.56 Å². The van der Waals surface area contributed by atoms with Gasteiger partial charge in [0.15, 0.2) is 5.75 Å². The molecule has 128 valence electrons. The van der Waals surface area contributed by atoms with E-state index in [-0.39, 0.29) is 0 Å². The van der Waals surface area contributed by atoms with Gasteiger partial charge in [-0.1, -0.05) is 42.5 Å². The van der Waals surface area contributed by atoms with Crippen LogP contribution in [0.2, 0.25) is 0 Å². The van der Waals surface area contributed by atoms with Crippen LogP contribution in [-0.4, -0.2) is 4.57 Å². The molecule has 25 heavy (non-hydrogen) atoms. The number of rotatable bonds is 3. The molecule has 6 heteroatoms. The van der Waals surface area contributed by atoms with Gasteiger partial charge in [0, 0.05) is 25.0 Å². The molecular formula is C19H14F3NOS.